The van der Waals surface area contributed by atoms with Gasteiger partial charge in [0.05, 0.1) is 27.5 Å². The minimum Gasteiger partial charge on any atom is -0.377 e. The first-order valence-corrected chi connectivity index (χ1v) is 12.8. The van der Waals surface area contributed by atoms with E-state index in [0.717, 1.165) is 36.1 Å². The van der Waals surface area contributed by atoms with Crippen molar-refractivity contribution in [1.82, 2.24) is 9.55 Å². The molecule has 0 amide bonds. The molecule has 3 aromatic rings. The molecular weight excluding hydrogens is 424 g/mol. The van der Waals surface area contributed by atoms with Gasteiger partial charge in [-0.3, -0.25) is 9.36 Å². The predicted octanol–water partition coefficient (Wildman–Crippen LogP) is 3.27. The van der Waals surface area contributed by atoms with Crippen molar-refractivity contribution in [3.05, 3.63) is 57.9 Å². The van der Waals surface area contributed by atoms with Crippen LogP contribution in [0.5, 0.6) is 0 Å². The Hall–Kier alpha value is -2.87. The van der Waals surface area contributed by atoms with Crippen molar-refractivity contribution in [1.29, 1.82) is 0 Å². The van der Waals surface area contributed by atoms with Gasteiger partial charge in [0.25, 0.3) is 5.56 Å². The molecule has 1 aromatic heterocycles. The first-order valence-electron chi connectivity index (χ1n) is 11.0. The van der Waals surface area contributed by atoms with Crippen LogP contribution in [0.1, 0.15) is 30.5 Å². The van der Waals surface area contributed by atoms with Crippen LogP contribution < -0.4 is 15.8 Å². The third kappa shape index (κ3) is 3.56. The maximum Gasteiger partial charge on any atom is 0.262 e. The van der Waals surface area contributed by atoms with E-state index < -0.39 is 9.84 Å². The largest absolute Gasteiger partial charge is 0.377 e. The lowest BCUT2D eigenvalue weighted by Gasteiger charge is -2.24. The van der Waals surface area contributed by atoms with Crippen LogP contribution in [-0.4, -0.2) is 37.3 Å². The van der Waals surface area contributed by atoms with E-state index in [4.69, 9.17) is 4.98 Å². The summed E-state index contributed by atoms with van der Waals surface area (Å²) in [5.74, 6) is 2.17. The number of aromatic nitrogens is 2. The summed E-state index contributed by atoms with van der Waals surface area (Å²) in [5, 5.41) is 3.93. The molecular formula is C24H28N4O3S. The minimum atomic E-state index is -3.38. The molecule has 5 rings (SSSR count). The zero-order valence-corrected chi connectivity index (χ0v) is 19.6. The average Bonchev–Trinajstić information content (AvgIpc) is 3.35. The van der Waals surface area contributed by atoms with Crippen molar-refractivity contribution in [3.63, 3.8) is 0 Å². The van der Waals surface area contributed by atoms with E-state index in [1.807, 2.05) is 32.0 Å². The Morgan fingerprint density at radius 1 is 1.16 bits per heavy atom. The third-order valence-corrected chi connectivity index (χ3v) is 7.87. The fourth-order valence-electron chi connectivity index (χ4n) is 4.94. The Morgan fingerprint density at radius 3 is 2.53 bits per heavy atom. The number of nitrogens with one attached hydrogen (secondary N) is 1. The number of nitrogens with zero attached hydrogens (tertiary/aromatic N) is 3. The normalized spacial score (nSPS) is 20.9. The van der Waals surface area contributed by atoms with Crippen LogP contribution >= 0.6 is 0 Å². The number of piperidine rings is 1. The first-order chi connectivity index (χ1) is 15.1. The fraction of sp³-hybridized carbons (Fsp3) is 0.417. The number of hydrogen-bond donors (Lipinski definition) is 1. The summed E-state index contributed by atoms with van der Waals surface area (Å²) in [5.41, 5.74) is 3.00. The van der Waals surface area contributed by atoms with Gasteiger partial charge in [0.1, 0.15) is 0 Å². The van der Waals surface area contributed by atoms with Gasteiger partial charge in [0, 0.05) is 32.0 Å². The Kier molecular flexibility index (Phi) is 4.81. The summed E-state index contributed by atoms with van der Waals surface area (Å²) in [4.78, 5) is 20.7. The predicted molar refractivity (Wildman–Crippen MR) is 127 cm³/mol. The molecule has 1 N–H and O–H groups in total. The van der Waals surface area contributed by atoms with Gasteiger partial charge in [-0.15, -0.1) is 0 Å². The van der Waals surface area contributed by atoms with Crippen molar-refractivity contribution in [2.24, 2.45) is 18.9 Å². The molecule has 3 atom stereocenters. The molecule has 0 spiro atoms. The van der Waals surface area contributed by atoms with Gasteiger partial charge in [-0.1, -0.05) is 18.2 Å². The molecule has 7 nitrogen and oxygen atoms in total. The van der Waals surface area contributed by atoms with Crippen LogP contribution in [0.3, 0.4) is 0 Å². The van der Waals surface area contributed by atoms with Gasteiger partial charge in [0.15, 0.2) is 9.84 Å². The lowest BCUT2D eigenvalue weighted by Crippen LogP contribution is -2.31. The summed E-state index contributed by atoms with van der Waals surface area (Å²) < 4.78 is 26.1. The van der Waals surface area contributed by atoms with E-state index in [1.165, 1.54) is 12.7 Å². The van der Waals surface area contributed by atoms with Crippen molar-refractivity contribution in [3.8, 4) is 0 Å². The zero-order chi connectivity index (χ0) is 22.8. The fourth-order valence-corrected chi connectivity index (χ4v) is 5.79. The number of benzene rings is 2. The van der Waals surface area contributed by atoms with Crippen LogP contribution in [0.15, 0.2) is 46.1 Å². The standard InChI is InChI=1S/C24H28N4O3S/c1-14-9-18(15(2)25-20-7-5-6-8-21(20)32(4,30)31)22-19(10-14)23(29)27(3)24(26-22)28-12-16-11-17(16)13-28/h5-10,15-17,25H,11-13H2,1-4H3. The van der Waals surface area contributed by atoms with Gasteiger partial charge >= 0.3 is 0 Å². The second kappa shape index (κ2) is 7.33. The number of para-hydroxylation sites is 1. The summed E-state index contributed by atoms with van der Waals surface area (Å²) >= 11 is 0. The molecule has 0 bridgehead atoms. The van der Waals surface area contributed by atoms with Crippen LogP contribution in [0.2, 0.25) is 0 Å². The molecule has 2 aromatic carbocycles. The number of rotatable bonds is 5. The molecule has 1 aliphatic carbocycles. The number of anilines is 2. The minimum absolute atomic E-state index is 0.0562. The Balaban J connectivity index is 1.61. The summed E-state index contributed by atoms with van der Waals surface area (Å²) in [7, 11) is -1.59. The smallest absolute Gasteiger partial charge is 0.262 e. The number of sulfone groups is 1. The Bertz CT molecular complexity index is 1390. The second-order valence-corrected chi connectivity index (χ2v) is 11.3. The quantitative estimate of drug-likeness (QED) is 0.640. The molecule has 168 valence electrons. The maximum atomic E-state index is 13.3. The SMILES string of the molecule is Cc1cc(C(C)Nc2ccccc2S(C)(=O)=O)c2nc(N3CC4CC4C3)n(C)c(=O)c2c1. The van der Waals surface area contributed by atoms with Crippen LogP contribution in [0, 0.1) is 18.8 Å². The van der Waals surface area contributed by atoms with Crippen molar-refractivity contribution < 1.29 is 8.42 Å². The maximum absolute atomic E-state index is 13.3. The monoisotopic (exact) mass is 452 g/mol. The Labute approximate surface area is 188 Å². The highest BCUT2D eigenvalue weighted by atomic mass is 32.2. The van der Waals surface area contributed by atoms with Crippen molar-refractivity contribution >= 4 is 32.4 Å². The molecule has 0 radical (unpaired) electrons. The highest BCUT2D eigenvalue weighted by molar-refractivity contribution is 7.90. The van der Waals surface area contributed by atoms with E-state index in [-0.39, 0.29) is 16.5 Å². The zero-order valence-electron chi connectivity index (χ0n) is 18.8. The lowest BCUT2D eigenvalue weighted by atomic mass is 10.0. The van der Waals surface area contributed by atoms with Crippen LogP contribution in [0.4, 0.5) is 11.6 Å². The highest BCUT2D eigenvalue weighted by Crippen LogP contribution is 2.46. The molecule has 32 heavy (non-hydrogen) atoms. The van der Waals surface area contributed by atoms with Gasteiger partial charge in [-0.25, -0.2) is 13.4 Å². The topological polar surface area (TPSA) is 84.3 Å². The number of aryl methyl sites for hydroxylation is 1. The van der Waals surface area contributed by atoms with Crippen molar-refractivity contribution in [2.75, 3.05) is 29.6 Å². The van der Waals surface area contributed by atoms with E-state index in [0.29, 0.717) is 22.5 Å². The van der Waals surface area contributed by atoms with Gasteiger partial charge in [-0.05, 0) is 55.9 Å². The first kappa shape index (κ1) is 21.0. The molecule has 1 saturated heterocycles. The van der Waals surface area contributed by atoms with Gasteiger partial charge in [-0.2, -0.15) is 0 Å². The highest BCUT2D eigenvalue weighted by Gasteiger charge is 2.46. The summed E-state index contributed by atoms with van der Waals surface area (Å²) in [6.07, 6.45) is 2.49. The van der Waals surface area contributed by atoms with Crippen LogP contribution in [-0.2, 0) is 16.9 Å². The molecule has 2 heterocycles. The van der Waals surface area contributed by atoms with E-state index in [9.17, 15) is 13.2 Å². The average molecular weight is 453 g/mol. The third-order valence-electron chi connectivity index (χ3n) is 6.72. The summed E-state index contributed by atoms with van der Waals surface area (Å²) in [6.45, 7) is 5.83. The van der Waals surface area contributed by atoms with Gasteiger partial charge < -0.3 is 10.2 Å². The van der Waals surface area contributed by atoms with Crippen LogP contribution in [0.25, 0.3) is 10.9 Å². The van der Waals surface area contributed by atoms with Crippen molar-refractivity contribution in [2.45, 2.75) is 31.2 Å². The summed E-state index contributed by atoms with van der Waals surface area (Å²) in [6, 6.07) is 10.6. The van der Waals surface area contributed by atoms with E-state index in [2.05, 4.69) is 10.2 Å². The van der Waals surface area contributed by atoms with E-state index in [1.54, 1.807) is 29.8 Å². The number of fused-ring (bicyclic) bond motifs is 2. The Morgan fingerprint density at radius 2 is 1.84 bits per heavy atom. The number of hydrogen-bond acceptors (Lipinski definition) is 6. The molecule has 1 aliphatic heterocycles. The molecule has 2 aliphatic rings. The molecule has 8 heteroatoms. The lowest BCUT2D eigenvalue weighted by molar-refractivity contribution is 0.602. The van der Waals surface area contributed by atoms with Gasteiger partial charge in [0.2, 0.25) is 5.95 Å². The molecule has 1 saturated carbocycles. The second-order valence-electron chi connectivity index (χ2n) is 9.32. The van der Waals surface area contributed by atoms with E-state index >= 15 is 0 Å². The molecule has 3 unspecified atom stereocenters. The molecule has 2 fully saturated rings.